The fourth-order valence-corrected chi connectivity index (χ4v) is 4.32. The largest absolute Gasteiger partial charge is 0.481 e. The standard InChI is InChI=1S/C25H31BrN4O7S/c1-16-2-7-19(38-16)10-17-3-5-18(6-4-17)14-37-15-29-22(32)12-28-25(36)20(8-9-24(34)35)30-23(33)13-27-21(31)11-26/h2-7,20H,8-15H2,1H3,(H,27,31)(H,28,36)(H,29,32)(H,30,33)(H,34,35)/t20-/m0/s1. The molecule has 13 heteroatoms. The number of ether oxygens (including phenoxy) is 1. The molecule has 0 bridgehead atoms. The molecule has 5 N–H and O–H groups in total. The lowest BCUT2D eigenvalue weighted by Gasteiger charge is -2.18. The molecule has 0 fully saturated rings. The number of carboxylic acid groups (broad SMARTS) is 1. The number of amides is 4. The number of aliphatic carboxylic acids is 1. The Kier molecular flexibility index (Phi) is 13.5. The van der Waals surface area contributed by atoms with Gasteiger partial charge in [0.1, 0.15) is 12.8 Å². The summed E-state index contributed by atoms with van der Waals surface area (Å²) in [5.74, 6) is -3.48. The van der Waals surface area contributed by atoms with Crippen LogP contribution in [0.25, 0.3) is 0 Å². The number of hydrogen-bond acceptors (Lipinski definition) is 7. The number of hydrogen-bond donors (Lipinski definition) is 5. The average molecular weight is 612 g/mol. The second-order valence-corrected chi connectivity index (χ2v) is 10.2. The highest BCUT2D eigenvalue weighted by Gasteiger charge is 2.22. The van der Waals surface area contributed by atoms with Crippen LogP contribution in [0.4, 0.5) is 0 Å². The normalized spacial score (nSPS) is 11.3. The van der Waals surface area contributed by atoms with E-state index in [1.54, 1.807) is 11.3 Å². The monoisotopic (exact) mass is 610 g/mol. The van der Waals surface area contributed by atoms with E-state index in [-0.39, 0.29) is 31.4 Å². The zero-order valence-corrected chi connectivity index (χ0v) is 23.3. The molecule has 1 atom stereocenters. The Morgan fingerprint density at radius 3 is 2.24 bits per heavy atom. The molecule has 1 heterocycles. The van der Waals surface area contributed by atoms with Crippen molar-refractivity contribution in [2.24, 2.45) is 0 Å². The Hall–Kier alpha value is -3.29. The van der Waals surface area contributed by atoms with Crippen molar-refractivity contribution in [3.8, 4) is 0 Å². The summed E-state index contributed by atoms with van der Waals surface area (Å²) in [6.45, 7) is 1.53. The summed E-state index contributed by atoms with van der Waals surface area (Å²) in [4.78, 5) is 61.2. The predicted molar refractivity (Wildman–Crippen MR) is 145 cm³/mol. The fraction of sp³-hybridized carbons (Fsp3) is 0.400. The first kappa shape index (κ1) is 30.9. The molecule has 0 saturated carbocycles. The first-order valence-electron chi connectivity index (χ1n) is 11.8. The van der Waals surface area contributed by atoms with Crippen LogP contribution >= 0.6 is 27.3 Å². The van der Waals surface area contributed by atoms with Crippen molar-refractivity contribution in [3.63, 3.8) is 0 Å². The van der Waals surface area contributed by atoms with Crippen molar-refractivity contribution >= 4 is 56.9 Å². The predicted octanol–water partition coefficient (Wildman–Crippen LogP) is 1.21. The van der Waals surface area contributed by atoms with Gasteiger partial charge in [-0.1, -0.05) is 40.2 Å². The summed E-state index contributed by atoms with van der Waals surface area (Å²) >= 11 is 4.72. The van der Waals surface area contributed by atoms with Crippen molar-refractivity contribution in [3.05, 3.63) is 57.3 Å². The Morgan fingerprint density at radius 2 is 1.61 bits per heavy atom. The number of carboxylic acids is 1. The smallest absolute Gasteiger partial charge is 0.303 e. The fourth-order valence-electron chi connectivity index (χ4n) is 3.20. The lowest BCUT2D eigenvalue weighted by molar-refractivity contribution is -0.138. The summed E-state index contributed by atoms with van der Waals surface area (Å²) in [7, 11) is 0. The number of carbonyl (C=O) groups excluding carboxylic acids is 4. The van der Waals surface area contributed by atoms with Gasteiger partial charge in [0.05, 0.1) is 25.0 Å². The number of benzene rings is 1. The molecule has 206 valence electrons. The maximum Gasteiger partial charge on any atom is 0.303 e. The van der Waals surface area contributed by atoms with E-state index >= 15 is 0 Å². The Morgan fingerprint density at radius 1 is 0.921 bits per heavy atom. The zero-order valence-electron chi connectivity index (χ0n) is 20.9. The van der Waals surface area contributed by atoms with Gasteiger partial charge in [-0.15, -0.1) is 11.3 Å². The van der Waals surface area contributed by atoms with E-state index in [2.05, 4.69) is 56.3 Å². The van der Waals surface area contributed by atoms with E-state index in [0.717, 1.165) is 12.0 Å². The van der Waals surface area contributed by atoms with Gasteiger partial charge in [0.2, 0.25) is 23.6 Å². The van der Waals surface area contributed by atoms with Gasteiger partial charge in [0, 0.05) is 22.6 Å². The third-order valence-corrected chi connectivity index (χ3v) is 6.64. The van der Waals surface area contributed by atoms with Gasteiger partial charge in [0.25, 0.3) is 0 Å². The van der Waals surface area contributed by atoms with Crippen LogP contribution in [0.3, 0.4) is 0 Å². The average Bonchev–Trinajstić information content (AvgIpc) is 3.31. The van der Waals surface area contributed by atoms with Gasteiger partial charge in [0.15, 0.2) is 0 Å². The lowest BCUT2D eigenvalue weighted by Crippen LogP contribution is -2.51. The molecule has 2 aromatic rings. The van der Waals surface area contributed by atoms with Crippen LogP contribution in [0, 0.1) is 6.92 Å². The van der Waals surface area contributed by atoms with Crippen LogP contribution in [-0.4, -0.2) is 65.9 Å². The Labute approximate surface area is 232 Å². The van der Waals surface area contributed by atoms with Crippen LogP contribution in [-0.2, 0) is 41.7 Å². The van der Waals surface area contributed by atoms with Gasteiger partial charge in [-0.3, -0.25) is 24.0 Å². The van der Waals surface area contributed by atoms with E-state index in [1.165, 1.54) is 15.3 Å². The van der Waals surface area contributed by atoms with Gasteiger partial charge >= 0.3 is 5.97 Å². The van der Waals surface area contributed by atoms with Crippen LogP contribution in [0.1, 0.15) is 33.7 Å². The molecular weight excluding hydrogens is 580 g/mol. The summed E-state index contributed by atoms with van der Waals surface area (Å²) in [6.07, 6.45) is 0.312. The minimum atomic E-state index is -1.18. The molecule has 4 amide bonds. The highest BCUT2D eigenvalue weighted by Crippen LogP contribution is 2.19. The van der Waals surface area contributed by atoms with Crippen LogP contribution < -0.4 is 21.3 Å². The molecule has 0 radical (unpaired) electrons. The molecule has 1 aromatic heterocycles. The van der Waals surface area contributed by atoms with Gasteiger partial charge in [-0.2, -0.15) is 0 Å². The molecular formula is C25H31BrN4O7S. The third-order valence-electron chi connectivity index (χ3n) is 5.13. The molecule has 11 nitrogen and oxygen atoms in total. The molecule has 0 unspecified atom stereocenters. The number of carbonyl (C=O) groups is 5. The van der Waals surface area contributed by atoms with Crippen molar-refractivity contribution in [2.75, 3.05) is 25.2 Å². The molecule has 0 spiro atoms. The number of halogens is 1. The van der Waals surface area contributed by atoms with Gasteiger partial charge < -0.3 is 31.1 Å². The van der Waals surface area contributed by atoms with Gasteiger partial charge in [-0.25, -0.2) is 0 Å². The highest BCUT2D eigenvalue weighted by atomic mass is 79.9. The minimum Gasteiger partial charge on any atom is -0.481 e. The van der Waals surface area contributed by atoms with E-state index in [4.69, 9.17) is 9.84 Å². The summed E-state index contributed by atoms with van der Waals surface area (Å²) in [5.41, 5.74) is 2.14. The number of thiophene rings is 1. The lowest BCUT2D eigenvalue weighted by atomic mass is 10.1. The van der Waals surface area contributed by atoms with Gasteiger partial charge in [-0.05, 0) is 36.6 Å². The molecule has 0 aliphatic heterocycles. The van der Waals surface area contributed by atoms with Crippen molar-refractivity contribution < 1.29 is 33.8 Å². The van der Waals surface area contributed by atoms with Crippen LogP contribution in [0.15, 0.2) is 36.4 Å². The topological polar surface area (TPSA) is 163 Å². The van der Waals surface area contributed by atoms with E-state index in [0.29, 0.717) is 6.61 Å². The molecule has 1 aromatic carbocycles. The van der Waals surface area contributed by atoms with Crippen molar-refractivity contribution in [1.82, 2.24) is 21.3 Å². The molecule has 0 aliphatic rings. The number of alkyl halides is 1. The van der Waals surface area contributed by atoms with Crippen LogP contribution in [0.5, 0.6) is 0 Å². The summed E-state index contributed by atoms with van der Waals surface area (Å²) in [6, 6.07) is 11.1. The SMILES string of the molecule is Cc1ccc(Cc2ccc(COCNC(=O)CNC(=O)[C@H](CCC(=O)O)NC(=O)CNC(=O)CBr)cc2)s1. The maximum absolute atomic E-state index is 12.4. The second kappa shape index (κ2) is 16.5. The number of nitrogens with one attached hydrogen (secondary N) is 4. The molecule has 2 rings (SSSR count). The Bertz CT molecular complexity index is 1110. The van der Waals surface area contributed by atoms with E-state index < -0.39 is 42.2 Å². The molecule has 0 saturated heterocycles. The first-order chi connectivity index (χ1) is 18.2. The third kappa shape index (κ3) is 12.3. The summed E-state index contributed by atoms with van der Waals surface area (Å²) in [5, 5.41) is 18.5. The zero-order chi connectivity index (χ0) is 27.9. The number of aryl methyl sites for hydroxylation is 1. The minimum absolute atomic E-state index is 0.00402. The second-order valence-electron chi connectivity index (χ2n) is 8.28. The van der Waals surface area contributed by atoms with Crippen molar-refractivity contribution in [1.29, 1.82) is 0 Å². The van der Waals surface area contributed by atoms with Crippen molar-refractivity contribution in [2.45, 2.75) is 38.8 Å². The summed E-state index contributed by atoms with van der Waals surface area (Å²) < 4.78 is 5.48. The van der Waals surface area contributed by atoms with Crippen LogP contribution in [0.2, 0.25) is 0 Å². The van der Waals surface area contributed by atoms with E-state index in [9.17, 15) is 24.0 Å². The highest BCUT2D eigenvalue weighted by molar-refractivity contribution is 9.09. The first-order valence-corrected chi connectivity index (χ1v) is 13.7. The van der Waals surface area contributed by atoms with E-state index in [1.807, 2.05) is 24.3 Å². The maximum atomic E-state index is 12.4. The Balaban J connectivity index is 1.70. The molecule has 0 aliphatic carbocycles. The molecule has 38 heavy (non-hydrogen) atoms. The number of rotatable bonds is 16. The quantitative estimate of drug-likeness (QED) is 0.108.